The fourth-order valence-electron chi connectivity index (χ4n) is 3.10. The number of rotatable bonds is 2. The number of hydrogen-bond acceptors (Lipinski definition) is 3. The fourth-order valence-corrected chi connectivity index (χ4v) is 3.10. The molecule has 0 bridgehead atoms. The summed E-state index contributed by atoms with van der Waals surface area (Å²) in [4.78, 5) is 17.1. The fraction of sp³-hybridized carbons (Fsp3) is 0.316. The maximum atomic E-state index is 13.1. The molecule has 1 heterocycles. The van der Waals surface area contributed by atoms with Crippen LogP contribution in [0, 0.1) is 0 Å². The molecule has 1 aliphatic heterocycles. The molecule has 1 aliphatic rings. The van der Waals surface area contributed by atoms with Gasteiger partial charge in [0.25, 0.3) is 0 Å². The van der Waals surface area contributed by atoms with Gasteiger partial charge in [0.1, 0.15) is 5.54 Å². The minimum Gasteiger partial charge on any atom is -0.373 e. The molecule has 0 fully saturated rings. The second-order valence-corrected chi connectivity index (χ2v) is 6.35. The predicted molar refractivity (Wildman–Crippen MR) is 93.1 cm³/mol. The lowest BCUT2D eigenvalue weighted by Crippen LogP contribution is -2.51. The molecule has 4 heteroatoms. The third-order valence-electron chi connectivity index (χ3n) is 4.57. The van der Waals surface area contributed by atoms with Gasteiger partial charge in [-0.3, -0.25) is 4.79 Å². The molecule has 2 N–H and O–H groups in total. The monoisotopic (exact) mass is 309 g/mol. The Morgan fingerprint density at radius 2 is 1.70 bits per heavy atom. The topological polar surface area (TPSA) is 49.6 Å². The summed E-state index contributed by atoms with van der Waals surface area (Å²) in [5.41, 5.74) is 8.58. The Labute approximate surface area is 137 Å². The lowest BCUT2D eigenvalue weighted by Gasteiger charge is -2.31. The number of likely N-dealkylation sites (N-methyl/N-ethyl adjacent to an activating group) is 1. The summed E-state index contributed by atoms with van der Waals surface area (Å²) in [5, 5.41) is 0. The molecule has 23 heavy (non-hydrogen) atoms. The number of nitrogens with zero attached hydrogens (tertiary/aromatic N) is 2. The number of para-hydroxylation sites is 1. The average molecular weight is 309 g/mol. The molecule has 0 aromatic heterocycles. The van der Waals surface area contributed by atoms with Crippen LogP contribution in [0.3, 0.4) is 0 Å². The second-order valence-electron chi connectivity index (χ2n) is 6.35. The number of benzene rings is 2. The Kier molecular flexibility index (Phi) is 4.09. The highest BCUT2D eigenvalue weighted by atomic mass is 16.2. The largest absolute Gasteiger partial charge is 0.373 e. The Morgan fingerprint density at radius 1 is 1.04 bits per heavy atom. The van der Waals surface area contributed by atoms with E-state index in [2.05, 4.69) is 24.1 Å². The molecular formula is C19H23N3O. The van der Waals surface area contributed by atoms with E-state index in [0.29, 0.717) is 13.1 Å². The first-order valence-electron chi connectivity index (χ1n) is 7.93. The van der Waals surface area contributed by atoms with E-state index in [1.165, 1.54) is 5.69 Å². The molecular weight excluding hydrogens is 286 g/mol. The van der Waals surface area contributed by atoms with Gasteiger partial charge in [-0.05, 0) is 24.1 Å². The smallest absolute Gasteiger partial charge is 0.247 e. The third kappa shape index (κ3) is 2.94. The van der Waals surface area contributed by atoms with E-state index in [9.17, 15) is 4.79 Å². The summed E-state index contributed by atoms with van der Waals surface area (Å²) in [5.74, 6) is -0.0335. The van der Waals surface area contributed by atoms with E-state index in [-0.39, 0.29) is 5.91 Å². The molecule has 1 atom stereocenters. The first kappa shape index (κ1) is 15.6. The van der Waals surface area contributed by atoms with Crippen molar-refractivity contribution < 1.29 is 4.79 Å². The van der Waals surface area contributed by atoms with Crippen LogP contribution >= 0.6 is 0 Å². The average Bonchev–Trinajstić information content (AvgIpc) is 2.74. The van der Waals surface area contributed by atoms with Crippen molar-refractivity contribution in [2.45, 2.75) is 19.0 Å². The van der Waals surface area contributed by atoms with Gasteiger partial charge in [0.2, 0.25) is 5.91 Å². The van der Waals surface area contributed by atoms with Crippen LogP contribution in [0.15, 0.2) is 54.6 Å². The van der Waals surface area contributed by atoms with Crippen LogP contribution in [0.5, 0.6) is 0 Å². The molecule has 0 aliphatic carbocycles. The molecule has 4 nitrogen and oxygen atoms in total. The van der Waals surface area contributed by atoms with Gasteiger partial charge in [-0.25, -0.2) is 0 Å². The summed E-state index contributed by atoms with van der Waals surface area (Å²) in [6.45, 7) is 3.86. The van der Waals surface area contributed by atoms with Gasteiger partial charge >= 0.3 is 0 Å². The van der Waals surface area contributed by atoms with Gasteiger partial charge in [0, 0.05) is 32.4 Å². The summed E-state index contributed by atoms with van der Waals surface area (Å²) in [6, 6.07) is 17.8. The number of carbonyl (C=O) groups is 1. The van der Waals surface area contributed by atoms with Crippen molar-refractivity contribution in [2.24, 2.45) is 5.73 Å². The van der Waals surface area contributed by atoms with E-state index in [4.69, 9.17) is 5.73 Å². The van der Waals surface area contributed by atoms with Crippen LogP contribution in [0.25, 0.3) is 0 Å². The SMILES string of the molecule is CN1CCN(C(=O)C(C)(N)c2ccccc2)Cc2ccccc21. The van der Waals surface area contributed by atoms with Gasteiger partial charge in [-0.15, -0.1) is 0 Å². The van der Waals surface area contributed by atoms with Gasteiger partial charge in [-0.2, -0.15) is 0 Å². The van der Waals surface area contributed by atoms with Crippen LogP contribution in [0.2, 0.25) is 0 Å². The van der Waals surface area contributed by atoms with E-state index >= 15 is 0 Å². The van der Waals surface area contributed by atoms with Crippen molar-refractivity contribution in [3.8, 4) is 0 Å². The summed E-state index contributed by atoms with van der Waals surface area (Å²) in [7, 11) is 2.06. The summed E-state index contributed by atoms with van der Waals surface area (Å²) in [6.07, 6.45) is 0. The van der Waals surface area contributed by atoms with Gasteiger partial charge in [0.05, 0.1) is 0 Å². The standard InChI is InChI=1S/C19H23N3O/c1-19(20,16-9-4-3-5-10-16)18(23)22-13-12-21(2)17-11-7-6-8-15(17)14-22/h3-11H,12-14,20H2,1-2H3. The van der Waals surface area contributed by atoms with Crippen LogP contribution in [-0.4, -0.2) is 30.9 Å². The van der Waals surface area contributed by atoms with Crippen LogP contribution in [0.4, 0.5) is 5.69 Å². The minimum absolute atomic E-state index is 0.0335. The van der Waals surface area contributed by atoms with E-state index in [1.807, 2.05) is 47.4 Å². The lowest BCUT2D eigenvalue weighted by molar-refractivity contribution is -0.137. The number of hydrogen-bond donors (Lipinski definition) is 1. The number of nitrogens with two attached hydrogens (primary N) is 1. The van der Waals surface area contributed by atoms with Crippen molar-refractivity contribution >= 4 is 11.6 Å². The third-order valence-corrected chi connectivity index (χ3v) is 4.57. The minimum atomic E-state index is -1.01. The first-order chi connectivity index (χ1) is 11.0. The highest BCUT2D eigenvalue weighted by molar-refractivity contribution is 5.87. The van der Waals surface area contributed by atoms with Crippen LogP contribution in [0.1, 0.15) is 18.1 Å². The molecule has 2 aromatic rings. The lowest BCUT2D eigenvalue weighted by atomic mass is 9.91. The number of amides is 1. The molecule has 1 amide bonds. The van der Waals surface area contributed by atoms with E-state index in [0.717, 1.165) is 17.7 Å². The Bertz CT molecular complexity index is 697. The molecule has 3 rings (SSSR count). The van der Waals surface area contributed by atoms with E-state index < -0.39 is 5.54 Å². The number of fused-ring (bicyclic) bond motifs is 1. The zero-order valence-electron chi connectivity index (χ0n) is 13.7. The normalized spacial score (nSPS) is 17.2. The van der Waals surface area contributed by atoms with Crippen molar-refractivity contribution in [1.29, 1.82) is 0 Å². The second kappa shape index (κ2) is 6.05. The zero-order chi connectivity index (χ0) is 16.4. The molecule has 0 saturated heterocycles. The van der Waals surface area contributed by atoms with Crippen molar-refractivity contribution in [2.75, 3.05) is 25.0 Å². The summed E-state index contributed by atoms with van der Waals surface area (Å²) < 4.78 is 0. The van der Waals surface area contributed by atoms with Gasteiger partial charge < -0.3 is 15.5 Å². The molecule has 2 aromatic carbocycles. The Hall–Kier alpha value is -2.33. The predicted octanol–water partition coefficient (Wildman–Crippen LogP) is 2.34. The maximum Gasteiger partial charge on any atom is 0.247 e. The molecule has 0 saturated carbocycles. The Balaban J connectivity index is 1.89. The maximum absolute atomic E-state index is 13.1. The quantitative estimate of drug-likeness (QED) is 0.926. The van der Waals surface area contributed by atoms with Crippen molar-refractivity contribution in [3.05, 3.63) is 65.7 Å². The van der Waals surface area contributed by atoms with Gasteiger partial charge in [0.15, 0.2) is 0 Å². The number of anilines is 1. The molecule has 0 radical (unpaired) electrons. The first-order valence-corrected chi connectivity index (χ1v) is 7.93. The van der Waals surface area contributed by atoms with E-state index in [1.54, 1.807) is 6.92 Å². The number of carbonyl (C=O) groups excluding carboxylic acids is 1. The van der Waals surface area contributed by atoms with Gasteiger partial charge in [-0.1, -0.05) is 48.5 Å². The summed E-state index contributed by atoms with van der Waals surface area (Å²) >= 11 is 0. The Morgan fingerprint density at radius 3 is 2.43 bits per heavy atom. The zero-order valence-corrected chi connectivity index (χ0v) is 13.7. The molecule has 0 spiro atoms. The molecule has 1 unspecified atom stereocenters. The highest BCUT2D eigenvalue weighted by Gasteiger charge is 2.35. The van der Waals surface area contributed by atoms with Crippen molar-refractivity contribution in [1.82, 2.24) is 4.90 Å². The van der Waals surface area contributed by atoms with Crippen molar-refractivity contribution in [3.63, 3.8) is 0 Å². The molecule has 120 valence electrons. The van der Waals surface area contributed by atoms with Crippen LogP contribution in [-0.2, 0) is 16.9 Å². The highest BCUT2D eigenvalue weighted by Crippen LogP contribution is 2.27. The van der Waals surface area contributed by atoms with Crippen LogP contribution < -0.4 is 10.6 Å².